The summed E-state index contributed by atoms with van der Waals surface area (Å²) in [6.07, 6.45) is 2.77. The van der Waals surface area contributed by atoms with Gasteiger partial charge in [-0.25, -0.2) is 4.98 Å². The Kier molecular flexibility index (Phi) is 2.90. The molecule has 0 bridgehead atoms. The Morgan fingerprint density at radius 2 is 2.27 bits per heavy atom. The zero-order chi connectivity index (χ0) is 8.10. The highest BCUT2D eigenvalue weighted by Crippen LogP contribution is 2.19. The summed E-state index contributed by atoms with van der Waals surface area (Å²) >= 11 is 0. The van der Waals surface area contributed by atoms with E-state index in [0.29, 0.717) is 0 Å². The number of ether oxygens (including phenoxy) is 1. The Bertz CT molecular complexity index is 200. The molecule has 60 valence electrons. The topological polar surface area (TPSA) is 22.1 Å². The van der Waals surface area contributed by atoms with Crippen molar-refractivity contribution in [3.8, 4) is 5.88 Å². The normalized spacial score (nSPS) is 12.5. The highest BCUT2D eigenvalue weighted by atomic mass is 16.5. The van der Waals surface area contributed by atoms with Crippen LogP contribution in [-0.2, 0) is 6.42 Å². The third kappa shape index (κ3) is 1.70. The number of hydrogen-bond donors (Lipinski definition) is 0. The van der Waals surface area contributed by atoms with Crippen LogP contribution in [0.2, 0.25) is 0 Å². The monoisotopic (exact) mass is 151 g/mol. The first-order chi connectivity index (χ1) is 5.47. The molecule has 0 spiro atoms. The van der Waals surface area contributed by atoms with Gasteiger partial charge in [0.05, 0.1) is 6.61 Å². The van der Waals surface area contributed by atoms with Gasteiger partial charge in [-0.2, -0.15) is 0 Å². The smallest absolute Gasteiger partial charge is 0.216 e. The molecule has 0 amide bonds. The highest BCUT2D eigenvalue weighted by molar-refractivity contribution is 5.28. The maximum atomic E-state index is 5.19. The van der Waals surface area contributed by atoms with Gasteiger partial charge in [-0.05, 0) is 6.07 Å². The predicted octanol–water partition coefficient (Wildman–Crippen LogP) is 2.04. The fourth-order valence-corrected chi connectivity index (χ4v) is 1.00. The molecule has 1 aliphatic rings. The molecule has 2 heterocycles. The molecule has 0 fully saturated rings. The third-order valence-corrected chi connectivity index (χ3v) is 1.46. The van der Waals surface area contributed by atoms with E-state index in [0.717, 1.165) is 18.9 Å². The molecular weight excluding hydrogens is 138 g/mol. The molecule has 1 aromatic heterocycles. The molecule has 11 heavy (non-hydrogen) atoms. The molecule has 0 radical (unpaired) electrons. The molecule has 2 nitrogen and oxygen atoms in total. The van der Waals surface area contributed by atoms with Crippen LogP contribution in [0.1, 0.15) is 19.4 Å². The molecule has 0 aromatic carbocycles. The van der Waals surface area contributed by atoms with Crippen molar-refractivity contribution in [1.82, 2.24) is 4.98 Å². The Hall–Kier alpha value is -1.05. The third-order valence-electron chi connectivity index (χ3n) is 1.46. The van der Waals surface area contributed by atoms with Crippen molar-refractivity contribution in [2.75, 3.05) is 6.61 Å². The molecule has 1 aliphatic heterocycles. The molecule has 1 aromatic rings. The van der Waals surface area contributed by atoms with Crippen molar-refractivity contribution in [2.24, 2.45) is 0 Å². The first kappa shape index (κ1) is 8.05. The summed E-state index contributed by atoms with van der Waals surface area (Å²) in [7, 11) is 0. The van der Waals surface area contributed by atoms with Gasteiger partial charge in [-0.3, -0.25) is 0 Å². The quantitative estimate of drug-likeness (QED) is 0.566. The lowest BCUT2D eigenvalue weighted by Crippen LogP contribution is -1.87. The number of pyridine rings is 1. The first-order valence-corrected chi connectivity index (χ1v) is 4.03. The molecule has 0 unspecified atom stereocenters. The van der Waals surface area contributed by atoms with E-state index in [2.05, 4.69) is 11.1 Å². The lowest BCUT2D eigenvalue weighted by molar-refractivity contribution is 0.345. The second kappa shape index (κ2) is 3.96. The van der Waals surface area contributed by atoms with E-state index in [4.69, 9.17) is 4.74 Å². The van der Waals surface area contributed by atoms with Crippen molar-refractivity contribution in [3.63, 3.8) is 0 Å². The Morgan fingerprint density at radius 3 is 3.00 bits per heavy atom. The summed E-state index contributed by atoms with van der Waals surface area (Å²) in [6, 6.07) is 3.99. The summed E-state index contributed by atoms with van der Waals surface area (Å²) in [6.45, 7) is 4.80. The van der Waals surface area contributed by atoms with E-state index >= 15 is 0 Å². The van der Waals surface area contributed by atoms with E-state index in [-0.39, 0.29) is 0 Å². The van der Waals surface area contributed by atoms with Gasteiger partial charge in [0.15, 0.2) is 0 Å². The minimum atomic E-state index is 0.798. The van der Waals surface area contributed by atoms with Gasteiger partial charge < -0.3 is 4.74 Å². The maximum Gasteiger partial charge on any atom is 0.216 e. The minimum absolute atomic E-state index is 0.798. The SMILES string of the molecule is CC.c1cnc2c(c1)CCO2. The summed E-state index contributed by atoms with van der Waals surface area (Å²) in [5, 5.41) is 0. The number of rotatable bonds is 0. The highest BCUT2D eigenvalue weighted by Gasteiger charge is 2.10. The summed E-state index contributed by atoms with van der Waals surface area (Å²) < 4.78 is 5.19. The zero-order valence-electron chi connectivity index (χ0n) is 7.00. The lowest BCUT2D eigenvalue weighted by atomic mass is 10.2. The summed E-state index contributed by atoms with van der Waals surface area (Å²) in [5.74, 6) is 0.817. The number of nitrogens with zero attached hydrogens (tertiary/aromatic N) is 1. The van der Waals surface area contributed by atoms with Crippen LogP contribution in [0.3, 0.4) is 0 Å². The fourth-order valence-electron chi connectivity index (χ4n) is 1.00. The molecular formula is C9H13NO. The predicted molar refractivity (Wildman–Crippen MR) is 44.8 cm³/mol. The Balaban J connectivity index is 0.000000281. The van der Waals surface area contributed by atoms with Crippen LogP contribution >= 0.6 is 0 Å². The van der Waals surface area contributed by atoms with Gasteiger partial charge >= 0.3 is 0 Å². The van der Waals surface area contributed by atoms with Crippen molar-refractivity contribution < 1.29 is 4.74 Å². The summed E-state index contributed by atoms with van der Waals surface area (Å²) in [4.78, 5) is 4.04. The molecule has 0 saturated heterocycles. The van der Waals surface area contributed by atoms with Crippen molar-refractivity contribution in [2.45, 2.75) is 20.3 Å². The van der Waals surface area contributed by atoms with Gasteiger partial charge in [0, 0.05) is 18.2 Å². The van der Waals surface area contributed by atoms with Crippen LogP contribution in [0.5, 0.6) is 5.88 Å². The van der Waals surface area contributed by atoms with E-state index in [1.807, 2.05) is 19.9 Å². The maximum absolute atomic E-state index is 5.19. The number of hydrogen-bond acceptors (Lipinski definition) is 2. The molecule has 0 aliphatic carbocycles. The lowest BCUT2D eigenvalue weighted by Gasteiger charge is -1.92. The van der Waals surface area contributed by atoms with E-state index in [1.165, 1.54) is 5.56 Å². The van der Waals surface area contributed by atoms with Gasteiger partial charge in [-0.1, -0.05) is 19.9 Å². The molecule has 2 rings (SSSR count). The zero-order valence-corrected chi connectivity index (χ0v) is 7.00. The van der Waals surface area contributed by atoms with Crippen LogP contribution in [-0.4, -0.2) is 11.6 Å². The van der Waals surface area contributed by atoms with Crippen LogP contribution in [0.15, 0.2) is 18.3 Å². The van der Waals surface area contributed by atoms with Crippen LogP contribution in [0, 0.1) is 0 Å². The van der Waals surface area contributed by atoms with Gasteiger partial charge in [-0.15, -0.1) is 0 Å². The van der Waals surface area contributed by atoms with Crippen LogP contribution < -0.4 is 4.74 Å². The fraction of sp³-hybridized carbons (Fsp3) is 0.444. The van der Waals surface area contributed by atoms with Crippen molar-refractivity contribution in [3.05, 3.63) is 23.9 Å². The first-order valence-electron chi connectivity index (χ1n) is 4.03. The second-order valence-corrected chi connectivity index (χ2v) is 2.07. The molecule has 0 N–H and O–H groups in total. The number of fused-ring (bicyclic) bond motifs is 1. The van der Waals surface area contributed by atoms with E-state index in [9.17, 15) is 0 Å². The second-order valence-electron chi connectivity index (χ2n) is 2.07. The molecule has 2 heteroatoms. The summed E-state index contributed by atoms with van der Waals surface area (Å²) in [5.41, 5.74) is 1.23. The van der Waals surface area contributed by atoms with Crippen LogP contribution in [0.25, 0.3) is 0 Å². The Morgan fingerprint density at radius 1 is 1.45 bits per heavy atom. The number of aromatic nitrogens is 1. The van der Waals surface area contributed by atoms with Crippen molar-refractivity contribution in [1.29, 1.82) is 0 Å². The Labute approximate surface area is 67.2 Å². The molecule has 0 atom stereocenters. The van der Waals surface area contributed by atoms with Crippen LogP contribution in [0.4, 0.5) is 0 Å². The average molecular weight is 151 g/mol. The van der Waals surface area contributed by atoms with Gasteiger partial charge in [0.2, 0.25) is 5.88 Å². The standard InChI is InChI=1S/C7H7NO.C2H6/c1-2-6-3-5-9-7(6)8-4-1;1-2/h1-2,4H,3,5H2;1-2H3. The minimum Gasteiger partial charge on any atom is -0.477 e. The van der Waals surface area contributed by atoms with Gasteiger partial charge in [0.25, 0.3) is 0 Å². The average Bonchev–Trinajstić information content (AvgIpc) is 2.55. The van der Waals surface area contributed by atoms with E-state index in [1.54, 1.807) is 6.20 Å². The van der Waals surface area contributed by atoms with E-state index < -0.39 is 0 Å². The van der Waals surface area contributed by atoms with Crippen molar-refractivity contribution >= 4 is 0 Å². The largest absolute Gasteiger partial charge is 0.477 e. The molecule has 0 saturated carbocycles. The van der Waals surface area contributed by atoms with Gasteiger partial charge in [0.1, 0.15) is 0 Å².